The first-order valence-corrected chi connectivity index (χ1v) is 7.97. The molecule has 0 aliphatic carbocycles. The van der Waals surface area contributed by atoms with E-state index >= 15 is 0 Å². The second-order valence-electron chi connectivity index (χ2n) is 4.51. The zero-order valence-electron chi connectivity index (χ0n) is 10.2. The van der Waals surface area contributed by atoms with Crippen molar-refractivity contribution in [2.45, 2.75) is 26.7 Å². The van der Waals surface area contributed by atoms with Crippen LogP contribution >= 0.6 is 7.14 Å². The number of hydrogen-bond donors (Lipinski definition) is 1. The topological polar surface area (TPSA) is 46.5 Å². The van der Waals surface area contributed by atoms with Crippen LogP contribution in [0.25, 0.3) is 0 Å². The van der Waals surface area contributed by atoms with Crippen LogP contribution in [0.15, 0.2) is 0 Å². The molecule has 0 heterocycles. The third-order valence-electron chi connectivity index (χ3n) is 2.34. The van der Waals surface area contributed by atoms with Gasteiger partial charge in [-0.15, -0.1) is 0 Å². The summed E-state index contributed by atoms with van der Waals surface area (Å²) in [5.41, 5.74) is 0. The third kappa shape index (κ3) is 8.01. The molecule has 0 amide bonds. The molecule has 0 spiro atoms. The maximum atomic E-state index is 12.5. The fraction of sp³-hybridized carbons (Fsp3) is 1.00. The lowest BCUT2D eigenvalue weighted by molar-refractivity contribution is 0.199. The average molecular weight is 236 g/mol. The molecule has 0 rings (SSSR count). The first kappa shape index (κ1) is 15.2. The van der Waals surface area contributed by atoms with Crippen molar-refractivity contribution in [2.24, 2.45) is 5.92 Å². The van der Waals surface area contributed by atoms with Crippen molar-refractivity contribution in [2.75, 3.05) is 38.8 Å². The van der Waals surface area contributed by atoms with Gasteiger partial charge in [-0.1, -0.05) is 13.8 Å². The second kappa shape index (κ2) is 8.32. The molecule has 0 aromatic rings. The van der Waals surface area contributed by atoms with Crippen LogP contribution in [0.2, 0.25) is 0 Å². The molecule has 15 heavy (non-hydrogen) atoms. The molecule has 4 heteroatoms. The molecule has 0 fully saturated rings. The summed E-state index contributed by atoms with van der Waals surface area (Å²) in [5, 5.41) is 8.79. The molecule has 0 bridgehead atoms. The smallest absolute Gasteiger partial charge is 0.0881 e. The molecule has 92 valence electrons. The molecule has 0 aromatic carbocycles. The highest BCUT2D eigenvalue weighted by Crippen LogP contribution is 2.48. The van der Waals surface area contributed by atoms with E-state index in [2.05, 4.69) is 13.8 Å². The second-order valence-corrected chi connectivity index (χ2v) is 7.88. The van der Waals surface area contributed by atoms with Crippen molar-refractivity contribution >= 4 is 7.14 Å². The zero-order valence-corrected chi connectivity index (χ0v) is 11.1. The van der Waals surface area contributed by atoms with Crippen LogP contribution in [0.4, 0.5) is 0 Å². The Morgan fingerprint density at radius 2 is 1.87 bits per heavy atom. The highest BCUT2D eigenvalue weighted by molar-refractivity contribution is 7.63. The first-order valence-electron chi connectivity index (χ1n) is 5.71. The quantitative estimate of drug-likeness (QED) is 0.494. The predicted octanol–water partition coefficient (Wildman–Crippen LogP) is 2.42. The number of aliphatic hydroxyl groups excluding tert-OH is 1. The third-order valence-corrected chi connectivity index (χ3v) is 5.99. The van der Waals surface area contributed by atoms with Crippen molar-refractivity contribution in [1.29, 1.82) is 0 Å². The number of aliphatic hydroxyl groups is 1. The van der Waals surface area contributed by atoms with Gasteiger partial charge in [0.2, 0.25) is 0 Å². The van der Waals surface area contributed by atoms with E-state index in [-0.39, 0.29) is 6.61 Å². The number of hydrogen-bond acceptors (Lipinski definition) is 3. The van der Waals surface area contributed by atoms with Gasteiger partial charge in [0.25, 0.3) is 0 Å². The van der Waals surface area contributed by atoms with Crippen molar-refractivity contribution < 1.29 is 14.4 Å². The summed E-state index contributed by atoms with van der Waals surface area (Å²) in [6, 6.07) is 0. The predicted molar refractivity (Wildman–Crippen MR) is 65.2 cm³/mol. The maximum absolute atomic E-state index is 12.5. The SMILES string of the molecule is COCCCP(=O)(CCCO)CC(C)C. The Morgan fingerprint density at radius 3 is 2.33 bits per heavy atom. The molecular formula is C11H25O3P. The molecular weight excluding hydrogens is 211 g/mol. The normalized spacial score (nSPS) is 15.5. The maximum Gasteiger partial charge on any atom is 0.0881 e. The van der Waals surface area contributed by atoms with E-state index in [9.17, 15) is 4.57 Å². The van der Waals surface area contributed by atoms with Crippen LogP contribution in [0.3, 0.4) is 0 Å². The van der Waals surface area contributed by atoms with E-state index < -0.39 is 7.14 Å². The lowest BCUT2D eigenvalue weighted by atomic mass is 10.3. The standard InChI is InChI=1S/C11H25O3P/c1-11(2)10-15(13,8-4-6-12)9-5-7-14-3/h11-12H,4-10H2,1-3H3. The number of rotatable bonds is 9. The van der Waals surface area contributed by atoms with Gasteiger partial charge >= 0.3 is 0 Å². The van der Waals surface area contributed by atoms with E-state index in [0.29, 0.717) is 25.1 Å². The lowest BCUT2D eigenvalue weighted by Gasteiger charge is -2.19. The molecule has 3 nitrogen and oxygen atoms in total. The molecule has 0 saturated carbocycles. The Balaban J connectivity index is 4.08. The van der Waals surface area contributed by atoms with Crippen LogP contribution in [-0.2, 0) is 9.30 Å². The van der Waals surface area contributed by atoms with E-state index in [4.69, 9.17) is 9.84 Å². The summed E-state index contributed by atoms with van der Waals surface area (Å²) >= 11 is 0. The minimum Gasteiger partial charge on any atom is -0.396 e. The fourth-order valence-electron chi connectivity index (χ4n) is 1.82. The van der Waals surface area contributed by atoms with Crippen molar-refractivity contribution in [3.8, 4) is 0 Å². The van der Waals surface area contributed by atoms with Gasteiger partial charge in [0.1, 0.15) is 0 Å². The molecule has 0 aliphatic rings. The van der Waals surface area contributed by atoms with E-state index in [0.717, 1.165) is 18.7 Å². The Labute approximate surface area is 93.6 Å². The minimum atomic E-state index is -2.06. The Hall–Kier alpha value is 0.150. The van der Waals surface area contributed by atoms with Gasteiger partial charge in [0, 0.05) is 38.8 Å². The van der Waals surface area contributed by atoms with Gasteiger partial charge in [0.05, 0.1) is 7.14 Å². The molecule has 0 aromatic heterocycles. The Bertz CT molecular complexity index is 192. The van der Waals surface area contributed by atoms with Crippen molar-refractivity contribution in [3.05, 3.63) is 0 Å². The highest BCUT2D eigenvalue weighted by atomic mass is 31.2. The van der Waals surface area contributed by atoms with Crippen LogP contribution in [0.5, 0.6) is 0 Å². The average Bonchev–Trinajstić information content (AvgIpc) is 2.14. The van der Waals surface area contributed by atoms with Crippen molar-refractivity contribution in [1.82, 2.24) is 0 Å². The van der Waals surface area contributed by atoms with Gasteiger partial charge in [-0.05, 0) is 18.8 Å². The summed E-state index contributed by atoms with van der Waals surface area (Å²) in [7, 11) is -0.394. The molecule has 0 radical (unpaired) electrons. The van der Waals surface area contributed by atoms with Gasteiger partial charge in [-0.3, -0.25) is 0 Å². The Morgan fingerprint density at radius 1 is 1.27 bits per heavy atom. The summed E-state index contributed by atoms with van der Waals surface area (Å²) < 4.78 is 17.5. The van der Waals surface area contributed by atoms with E-state index in [1.807, 2.05) is 0 Å². The number of ether oxygens (including phenoxy) is 1. The highest BCUT2D eigenvalue weighted by Gasteiger charge is 2.22. The largest absolute Gasteiger partial charge is 0.396 e. The van der Waals surface area contributed by atoms with E-state index in [1.165, 1.54) is 0 Å². The van der Waals surface area contributed by atoms with Gasteiger partial charge < -0.3 is 14.4 Å². The minimum absolute atomic E-state index is 0.145. The summed E-state index contributed by atoms with van der Waals surface area (Å²) in [4.78, 5) is 0. The van der Waals surface area contributed by atoms with Crippen LogP contribution in [0.1, 0.15) is 26.7 Å². The van der Waals surface area contributed by atoms with Crippen molar-refractivity contribution in [3.63, 3.8) is 0 Å². The van der Waals surface area contributed by atoms with E-state index in [1.54, 1.807) is 7.11 Å². The molecule has 0 aliphatic heterocycles. The van der Waals surface area contributed by atoms with Gasteiger partial charge in [-0.25, -0.2) is 0 Å². The van der Waals surface area contributed by atoms with Crippen LogP contribution in [0, 0.1) is 5.92 Å². The van der Waals surface area contributed by atoms with Crippen LogP contribution in [-0.4, -0.2) is 43.9 Å². The summed E-state index contributed by atoms with van der Waals surface area (Å²) in [6.45, 7) is 5.03. The first-order chi connectivity index (χ1) is 7.04. The number of methoxy groups -OCH3 is 1. The zero-order chi connectivity index (χ0) is 11.7. The van der Waals surface area contributed by atoms with Gasteiger partial charge in [0.15, 0.2) is 0 Å². The van der Waals surface area contributed by atoms with Crippen LogP contribution < -0.4 is 0 Å². The summed E-state index contributed by atoms with van der Waals surface area (Å²) in [5.74, 6) is 0.470. The van der Waals surface area contributed by atoms with Gasteiger partial charge in [-0.2, -0.15) is 0 Å². The fourth-order valence-corrected chi connectivity index (χ4v) is 5.16. The summed E-state index contributed by atoms with van der Waals surface area (Å²) in [6.07, 6.45) is 3.78. The Kier molecular flexibility index (Phi) is 8.40. The molecule has 1 unspecified atom stereocenters. The monoisotopic (exact) mass is 236 g/mol. The molecule has 1 atom stereocenters. The molecule has 0 saturated heterocycles. The molecule has 1 N–H and O–H groups in total. The lowest BCUT2D eigenvalue weighted by Crippen LogP contribution is -2.08.